The molecule has 3 nitrogen and oxygen atoms in total. The molecule has 1 fully saturated rings. The molecule has 1 saturated heterocycles. The standard InChI is InChI=1S/C16H19ClFN3/c1-10(19)13-8-14(17)12-5-2-6-20-15(12)16(13)21-7-3-4-11(18)9-21/h2,5-6,8,10-11H,3-4,7,9,19H2,1H3. The van der Waals surface area contributed by atoms with E-state index in [1.165, 1.54) is 0 Å². The predicted octanol–water partition coefficient (Wildman–Crippen LogP) is 3.85. The number of aromatic nitrogens is 1. The Hall–Kier alpha value is -1.39. The van der Waals surface area contributed by atoms with Gasteiger partial charge in [-0.25, -0.2) is 4.39 Å². The molecule has 21 heavy (non-hydrogen) atoms. The second-order valence-corrected chi connectivity index (χ2v) is 6.08. The molecule has 112 valence electrons. The van der Waals surface area contributed by atoms with Gasteiger partial charge in [-0.2, -0.15) is 0 Å². The van der Waals surface area contributed by atoms with Gasteiger partial charge in [0.05, 0.1) is 16.2 Å². The molecule has 0 spiro atoms. The number of pyridine rings is 1. The second kappa shape index (κ2) is 5.78. The van der Waals surface area contributed by atoms with Crippen molar-refractivity contribution in [1.82, 2.24) is 4.98 Å². The Morgan fingerprint density at radius 3 is 3.05 bits per heavy atom. The number of fused-ring (bicyclic) bond motifs is 1. The van der Waals surface area contributed by atoms with Crippen molar-refractivity contribution in [3.63, 3.8) is 0 Å². The van der Waals surface area contributed by atoms with E-state index in [0.29, 0.717) is 18.0 Å². The van der Waals surface area contributed by atoms with Crippen molar-refractivity contribution in [2.45, 2.75) is 32.0 Å². The summed E-state index contributed by atoms with van der Waals surface area (Å²) in [6.45, 7) is 3.14. The monoisotopic (exact) mass is 307 g/mol. The van der Waals surface area contributed by atoms with Crippen LogP contribution < -0.4 is 10.6 Å². The zero-order valence-electron chi connectivity index (χ0n) is 12.0. The molecule has 0 bridgehead atoms. The number of hydrogen-bond donors (Lipinski definition) is 1. The van der Waals surface area contributed by atoms with E-state index in [0.717, 1.165) is 35.1 Å². The van der Waals surface area contributed by atoms with Crippen molar-refractivity contribution in [2.24, 2.45) is 5.73 Å². The summed E-state index contributed by atoms with van der Waals surface area (Å²) in [6, 6.07) is 5.52. The Morgan fingerprint density at radius 2 is 2.33 bits per heavy atom. The normalized spacial score (nSPS) is 20.8. The molecule has 0 saturated carbocycles. The van der Waals surface area contributed by atoms with Crippen LogP contribution in [0.5, 0.6) is 0 Å². The summed E-state index contributed by atoms with van der Waals surface area (Å²) in [5.74, 6) is 0. The molecule has 1 aliphatic rings. The summed E-state index contributed by atoms with van der Waals surface area (Å²) >= 11 is 6.36. The van der Waals surface area contributed by atoms with Gasteiger partial charge in [0.25, 0.3) is 0 Å². The summed E-state index contributed by atoms with van der Waals surface area (Å²) in [7, 11) is 0. The number of hydrogen-bond acceptors (Lipinski definition) is 3. The van der Waals surface area contributed by atoms with E-state index in [1.807, 2.05) is 25.1 Å². The van der Waals surface area contributed by atoms with E-state index >= 15 is 0 Å². The largest absolute Gasteiger partial charge is 0.367 e. The van der Waals surface area contributed by atoms with Crippen LogP contribution in [0, 0.1) is 0 Å². The van der Waals surface area contributed by atoms with Gasteiger partial charge in [-0.15, -0.1) is 0 Å². The molecule has 0 aliphatic carbocycles. The van der Waals surface area contributed by atoms with Crippen LogP contribution >= 0.6 is 11.6 Å². The van der Waals surface area contributed by atoms with Crippen molar-refractivity contribution < 1.29 is 4.39 Å². The van der Waals surface area contributed by atoms with Gasteiger partial charge in [0.15, 0.2) is 0 Å². The van der Waals surface area contributed by atoms with Crippen LogP contribution in [-0.4, -0.2) is 24.2 Å². The Labute approximate surface area is 128 Å². The molecule has 2 aromatic rings. The van der Waals surface area contributed by atoms with E-state index in [-0.39, 0.29) is 6.04 Å². The highest BCUT2D eigenvalue weighted by molar-refractivity contribution is 6.36. The lowest BCUT2D eigenvalue weighted by Gasteiger charge is -2.34. The number of benzene rings is 1. The average Bonchev–Trinajstić information content (AvgIpc) is 2.47. The van der Waals surface area contributed by atoms with Crippen molar-refractivity contribution in [3.8, 4) is 0 Å². The summed E-state index contributed by atoms with van der Waals surface area (Å²) in [6.07, 6.45) is 2.41. The Kier molecular flexibility index (Phi) is 4.00. The third-order valence-electron chi connectivity index (χ3n) is 4.02. The first-order valence-electron chi connectivity index (χ1n) is 7.29. The minimum atomic E-state index is -0.797. The first-order valence-corrected chi connectivity index (χ1v) is 7.67. The molecule has 1 aromatic carbocycles. The lowest BCUT2D eigenvalue weighted by Crippen LogP contribution is -2.37. The minimum Gasteiger partial charge on any atom is -0.367 e. The van der Waals surface area contributed by atoms with E-state index in [9.17, 15) is 4.39 Å². The molecule has 0 amide bonds. The van der Waals surface area contributed by atoms with E-state index in [1.54, 1.807) is 6.20 Å². The fraction of sp³-hybridized carbons (Fsp3) is 0.438. The predicted molar refractivity (Wildman–Crippen MR) is 85.7 cm³/mol. The molecular weight excluding hydrogens is 289 g/mol. The Bertz CT molecular complexity index is 659. The fourth-order valence-corrected chi connectivity index (χ4v) is 3.28. The van der Waals surface area contributed by atoms with Gasteiger partial charge < -0.3 is 10.6 Å². The maximum Gasteiger partial charge on any atom is 0.118 e. The number of nitrogens with two attached hydrogens (primary N) is 1. The number of rotatable bonds is 2. The van der Waals surface area contributed by atoms with Crippen molar-refractivity contribution in [3.05, 3.63) is 35.0 Å². The van der Waals surface area contributed by atoms with Crippen LogP contribution in [0.15, 0.2) is 24.4 Å². The maximum absolute atomic E-state index is 13.8. The van der Waals surface area contributed by atoms with Gasteiger partial charge in [-0.1, -0.05) is 11.6 Å². The molecule has 1 aromatic heterocycles. The summed E-state index contributed by atoms with van der Waals surface area (Å²) in [4.78, 5) is 6.55. The highest BCUT2D eigenvalue weighted by Crippen LogP contribution is 2.38. The van der Waals surface area contributed by atoms with E-state index < -0.39 is 6.17 Å². The number of halogens is 2. The van der Waals surface area contributed by atoms with Gasteiger partial charge in [-0.05, 0) is 43.5 Å². The first-order chi connectivity index (χ1) is 10.1. The van der Waals surface area contributed by atoms with Crippen molar-refractivity contribution in [2.75, 3.05) is 18.0 Å². The fourth-order valence-electron chi connectivity index (χ4n) is 3.01. The number of piperidine rings is 1. The van der Waals surface area contributed by atoms with Gasteiger partial charge in [0.2, 0.25) is 0 Å². The third-order valence-corrected chi connectivity index (χ3v) is 4.33. The Morgan fingerprint density at radius 1 is 1.52 bits per heavy atom. The van der Waals surface area contributed by atoms with Gasteiger partial charge in [0.1, 0.15) is 6.17 Å². The van der Waals surface area contributed by atoms with Gasteiger partial charge in [0, 0.05) is 30.7 Å². The average molecular weight is 308 g/mol. The van der Waals surface area contributed by atoms with Crippen molar-refractivity contribution >= 4 is 28.2 Å². The Balaban J connectivity index is 2.22. The van der Waals surface area contributed by atoms with E-state index in [2.05, 4.69) is 9.88 Å². The molecular formula is C16H19ClFN3. The quantitative estimate of drug-likeness (QED) is 0.916. The zero-order chi connectivity index (χ0) is 15.0. The molecule has 5 heteroatoms. The highest BCUT2D eigenvalue weighted by atomic mass is 35.5. The number of anilines is 1. The second-order valence-electron chi connectivity index (χ2n) is 5.67. The topological polar surface area (TPSA) is 42.1 Å². The van der Waals surface area contributed by atoms with Crippen LogP contribution in [0.3, 0.4) is 0 Å². The van der Waals surface area contributed by atoms with E-state index in [4.69, 9.17) is 17.3 Å². The smallest absolute Gasteiger partial charge is 0.118 e. The molecule has 2 unspecified atom stereocenters. The lowest BCUT2D eigenvalue weighted by atomic mass is 9.99. The number of nitrogens with zero attached hydrogens (tertiary/aromatic N) is 2. The SMILES string of the molecule is CC(N)c1cc(Cl)c2cccnc2c1N1CCCC(F)C1. The van der Waals surface area contributed by atoms with Crippen LogP contribution in [0.2, 0.25) is 5.02 Å². The summed E-state index contributed by atoms with van der Waals surface area (Å²) in [5.41, 5.74) is 8.79. The number of alkyl halides is 1. The maximum atomic E-state index is 13.8. The van der Waals surface area contributed by atoms with Crippen LogP contribution in [0.25, 0.3) is 10.9 Å². The van der Waals surface area contributed by atoms with Gasteiger partial charge >= 0.3 is 0 Å². The van der Waals surface area contributed by atoms with Crippen LogP contribution in [0.1, 0.15) is 31.4 Å². The molecule has 1 aliphatic heterocycles. The van der Waals surface area contributed by atoms with Crippen LogP contribution in [-0.2, 0) is 0 Å². The van der Waals surface area contributed by atoms with Crippen LogP contribution in [0.4, 0.5) is 10.1 Å². The molecule has 2 atom stereocenters. The molecule has 3 rings (SSSR count). The van der Waals surface area contributed by atoms with Gasteiger partial charge in [-0.3, -0.25) is 4.98 Å². The summed E-state index contributed by atoms with van der Waals surface area (Å²) < 4.78 is 13.8. The highest BCUT2D eigenvalue weighted by Gasteiger charge is 2.25. The lowest BCUT2D eigenvalue weighted by molar-refractivity contribution is 0.287. The molecule has 0 radical (unpaired) electrons. The molecule has 2 heterocycles. The third kappa shape index (κ3) is 2.70. The summed E-state index contributed by atoms with van der Waals surface area (Å²) in [5, 5.41) is 1.53. The molecule has 2 N–H and O–H groups in total. The van der Waals surface area contributed by atoms with Crippen molar-refractivity contribution in [1.29, 1.82) is 0 Å². The first kappa shape index (κ1) is 14.5. The zero-order valence-corrected chi connectivity index (χ0v) is 12.8. The minimum absolute atomic E-state index is 0.177.